The molecule has 0 aromatic rings. The maximum absolute atomic E-state index is 8.07. The Morgan fingerprint density at radius 3 is 1.00 bits per heavy atom. The number of aliphatic hydroxyl groups is 2. The summed E-state index contributed by atoms with van der Waals surface area (Å²) in [4.78, 5) is 0. The average molecular weight is 272 g/mol. The molecule has 0 bridgehead atoms. The summed E-state index contributed by atoms with van der Waals surface area (Å²) in [5, 5.41) is 16.1. The van der Waals surface area contributed by atoms with Gasteiger partial charge in [0.25, 0.3) is 0 Å². The Balaban J connectivity index is -0.0000000267. The summed E-state index contributed by atoms with van der Waals surface area (Å²) >= 11 is 0. The van der Waals surface area contributed by atoms with Crippen molar-refractivity contribution in [2.24, 2.45) is 0 Å². The van der Waals surface area contributed by atoms with Gasteiger partial charge in [-0.3, -0.25) is 0 Å². The van der Waals surface area contributed by atoms with Crippen LogP contribution in [0, 0.1) is 0 Å². The van der Waals surface area contributed by atoms with Gasteiger partial charge in [0.15, 0.2) is 0 Å². The van der Waals surface area contributed by atoms with E-state index in [2.05, 4.69) is 13.8 Å². The molecule has 5 heteroatoms. The Kier molecular flexibility index (Phi) is 85.6. The smallest absolute Gasteiger partial charge is 0.0430 e. The van der Waals surface area contributed by atoms with Crippen LogP contribution in [0.4, 0.5) is 0 Å². The van der Waals surface area contributed by atoms with Crippen LogP contribution in [0.25, 0.3) is 0 Å². The van der Waals surface area contributed by atoms with E-state index in [1.807, 2.05) is 0 Å². The van der Waals surface area contributed by atoms with Crippen molar-refractivity contribution in [1.82, 2.24) is 0 Å². The Morgan fingerprint density at radius 2 is 1.00 bits per heavy atom. The molecule has 0 saturated heterocycles. The van der Waals surface area contributed by atoms with Crippen LogP contribution in [-0.2, 0) is 18.6 Å². The monoisotopic (exact) mass is 271 g/mol. The van der Waals surface area contributed by atoms with Gasteiger partial charge in [0.1, 0.15) is 0 Å². The first kappa shape index (κ1) is 29.2. The van der Waals surface area contributed by atoms with Crippen LogP contribution >= 0.6 is 24.8 Å². The molecule has 0 atom stereocenters. The summed E-state index contributed by atoms with van der Waals surface area (Å²) in [5.41, 5.74) is 0. The molecule has 0 unspecified atom stereocenters. The Hall–Kier alpha value is 1.08. The van der Waals surface area contributed by atoms with E-state index in [4.69, 9.17) is 10.2 Å². The molecule has 2 nitrogen and oxygen atoms in total. The summed E-state index contributed by atoms with van der Waals surface area (Å²) in [6.45, 7) is 4.79. The minimum absolute atomic E-state index is 0. The molecule has 0 aromatic carbocycles. The first-order valence-corrected chi connectivity index (χ1v) is 4.05. The van der Waals surface area contributed by atoms with Crippen LogP contribution in [0.3, 0.4) is 0 Å². The molecule has 13 heavy (non-hydrogen) atoms. The molecule has 0 aromatic heterocycles. The molecule has 0 aliphatic heterocycles. The Bertz CT molecular complexity index is 41.1. The standard InChI is InChI=1S/2C4H10O.2ClH.V/c2*1-2-3-4-5;;;/h2*5H,2-4H2,1H3;2*1H;. The van der Waals surface area contributed by atoms with E-state index in [1.54, 1.807) is 0 Å². The first-order chi connectivity index (χ1) is 4.83. The third kappa shape index (κ3) is 62.2. The van der Waals surface area contributed by atoms with Gasteiger partial charge in [-0.15, -0.1) is 24.8 Å². The van der Waals surface area contributed by atoms with Gasteiger partial charge in [-0.05, 0) is 12.8 Å². The molecule has 1 radical (unpaired) electrons. The fourth-order valence-corrected chi connectivity index (χ4v) is 0.316. The van der Waals surface area contributed by atoms with E-state index >= 15 is 0 Å². The number of hydrogen-bond acceptors (Lipinski definition) is 2. The second-order valence-electron chi connectivity index (χ2n) is 2.15. The van der Waals surface area contributed by atoms with Crippen molar-refractivity contribution in [2.75, 3.05) is 13.2 Å². The molecule has 85 valence electrons. The van der Waals surface area contributed by atoms with Gasteiger partial charge in [0, 0.05) is 31.8 Å². The van der Waals surface area contributed by atoms with Crippen LogP contribution in [0.2, 0.25) is 0 Å². The van der Waals surface area contributed by atoms with Crippen molar-refractivity contribution in [3.8, 4) is 0 Å². The van der Waals surface area contributed by atoms with E-state index in [-0.39, 0.29) is 43.4 Å². The van der Waals surface area contributed by atoms with Crippen LogP contribution < -0.4 is 0 Å². The fourth-order valence-electron chi connectivity index (χ4n) is 0.316. The van der Waals surface area contributed by atoms with E-state index in [9.17, 15) is 0 Å². The zero-order chi connectivity index (χ0) is 8.24. The zero-order valence-electron chi connectivity index (χ0n) is 8.40. The van der Waals surface area contributed by atoms with Crippen LogP contribution in [0.1, 0.15) is 39.5 Å². The van der Waals surface area contributed by atoms with Crippen LogP contribution in [0.5, 0.6) is 0 Å². The topological polar surface area (TPSA) is 40.5 Å². The summed E-state index contributed by atoms with van der Waals surface area (Å²) in [7, 11) is 0. The average Bonchev–Trinajstić information content (AvgIpc) is 1.93. The zero-order valence-corrected chi connectivity index (χ0v) is 11.4. The Morgan fingerprint density at radius 1 is 0.769 bits per heavy atom. The quantitative estimate of drug-likeness (QED) is 0.825. The summed E-state index contributed by atoms with van der Waals surface area (Å²) in [6, 6.07) is 0. The largest absolute Gasteiger partial charge is 0.396 e. The first-order valence-electron chi connectivity index (χ1n) is 4.05. The predicted molar refractivity (Wildman–Crippen MR) is 58.5 cm³/mol. The second-order valence-corrected chi connectivity index (χ2v) is 2.15. The van der Waals surface area contributed by atoms with Gasteiger partial charge in [0.05, 0.1) is 0 Å². The van der Waals surface area contributed by atoms with Crippen LogP contribution in [-0.4, -0.2) is 23.4 Å². The van der Waals surface area contributed by atoms with Crippen molar-refractivity contribution >= 4 is 24.8 Å². The third-order valence-electron chi connectivity index (χ3n) is 1.02. The number of rotatable bonds is 4. The van der Waals surface area contributed by atoms with E-state index in [0.29, 0.717) is 13.2 Å². The SMILES string of the molecule is CCCCO.CCCCO.Cl.Cl.[V]. The number of aliphatic hydroxyl groups excluding tert-OH is 2. The molecular weight excluding hydrogens is 250 g/mol. The van der Waals surface area contributed by atoms with Gasteiger partial charge >= 0.3 is 0 Å². The van der Waals surface area contributed by atoms with Gasteiger partial charge in [-0.25, -0.2) is 0 Å². The van der Waals surface area contributed by atoms with Gasteiger partial charge in [-0.1, -0.05) is 26.7 Å². The molecule has 0 saturated carbocycles. The summed E-state index contributed by atoms with van der Waals surface area (Å²) in [5.74, 6) is 0. The van der Waals surface area contributed by atoms with Crippen molar-refractivity contribution < 1.29 is 28.8 Å². The maximum Gasteiger partial charge on any atom is 0.0430 e. The molecule has 0 spiro atoms. The minimum Gasteiger partial charge on any atom is -0.396 e. The van der Waals surface area contributed by atoms with Crippen molar-refractivity contribution in [2.45, 2.75) is 39.5 Å². The fraction of sp³-hybridized carbons (Fsp3) is 1.00. The van der Waals surface area contributed by atoms with E-state index < -0.39 is 0 Å². The summed E-state index contributed by atoms with van der Waals surface area (Å²) < 4.78 is 0. The molecule has 0 rings (SSSR count). The third-order valence-corrected chi connectivity index (χ3v) is 1.02. The molecule has 0 fully saturated rings. The number of halogens is 2. The van der Waals surface area contributed by atoms with Gasteiger partial charge in [0.2, 0.25) is 0 Å². The van der Waals surface area contributed by atoms with Gasteiger partial charge < -0.3 is 10.2 Å². The number of hydrogen-bond donors (Lipinski definition) is 2. The molecule has 0 heterocycles. The number of unbranched alkanes of at least 4 members (excludes halogenated alkanes) is 2. The normalized spacial score (nSPS) is 6.46. The van der Waals surface area contributed by atoms with Crippen LogP contribution in [0.15, 0.2) is 0 Å². The Labute approximate surface area is 106 Å². The van der Waals surface area contributed by atoms with Gasteiger partial charge in [-0.2, -0.15) is 0 Å². The second kappa shape index (κ2) is 38.1. The molecule has 0 aliphatic rings. The molecular formula is C8H22Cl2O2V. The van der Waals surface area contributed by atoms with Crippen molar-refractivity contribution in [1.29, 1.82) is 0 Å². The minimum atomic E-state index is 0. The predicted octanol–water partition coefficient (Wildman–Crippen LogP) is 2.40. The van der Waals surface area contributed by atoms with E-state index in [0.717, 1.165) is 25.7 Å². The molecule has 0 amide bonds. The summed E-state index contributed by atoms with van der Waals surface area (Å²) in [6.07, 6.45) is 4.08. The maximum atomic E-state index is 8.07. The molecule has 2 N–H and O–H groups in total. The molecule has 0 aliphatic carbocycles. The van der Waals surface area contributed by atoms with Crippen molar-refractivity contribution in [3.05, 3.63) is 0 Å². The van der Waals surface area contributed by atoms with Crippen molar-refractivity contribution in [3.63, 3.8) is 0 Å². The van der Waals surface area contributed by atoms with E-state index in [1.165, 1.54) is 0 Å².